The first-order valence-electron chi connectivity index (χ1n) is 6.77. The molecule has 0 saturated carbocycles. The van der Waals surface area contributed by atoms with Gasteiger partial charge >= 0.3 is 5.97 Å². The minimum atomic E-state index is -0.922. The zero-order chi connectivity index (χ0) is 14.5. The van der Waals surface area contributed by atoms with Crippen LogP contribution < -0.4 is 0 Å². The minimum Gasteiger partial charge on any atom is -0.457 e. The van der Waals surface area contributed by atoms with E-state index < -0.39 is 17.7 Å². The van der Waals surface area contributed by atoms with Gasteiger partial charge in [0.05, 0.1) is 5.60 Å². The Morgan fingerprint density at radius 2 is 1.95 bits per heavy atom. The van der Waals surface area contributed by atoms with Gasteiger partial charge < -0.3 is 18.9 Å². The van der Waals surface area contributed by atoms with Gasteiger partial charge in [0.2, 0.25) is 5.79 Å². The second-order valence-corrected chi connectivity index (χ2v) is 6.75. The fourth-order valence-corrected chi connectivity index (χ4v) is 2.70. The monoisotopic (exact) mass is 272 g/mol. The molecule has 110 valence electrons. The molecule has 4 atom stereocenters. The molecule has 0 aliphatic carbocycles. The van der Waals surface area contributed by atoms with Gasteiger partial charge in [-0.3, -0.25) is 4.79 Å². The van der Waals surface area contributed by atoms with E-state index in [1.807, 2.05) is 34.6 Å². The lowest BCUT2D eigenvalue weighted by molar-refractivity contribution is -0.269. The van der Waals surface area contributed by atoms with Gasteiger partial charge in [0.1, 0.15) is 5.60 Å². The van der Waals surface area contributed by atoms with Crippen molar-refractivity contribution in [3.63, 3.8) is 0 Å². The summed E-state index contributed by atoms with van der Waals surface area (Å²) in [5.41, 5.74) is -0.805. The van der Waals surface area contributed by atoms with E-state index in [1.54, 1.807) is 0 Å². The maximum Gasteiger partial charge on any atom is 0.303 e. The zero-order valence-corrected chi connectivity index (χ0v) is 12.6. The molecular weight excluding hydrogens is 248 g/mol. The molecule has 19 heavy (non-hydrogen) atoms. The van der Waals surface area contributed by atoms with Gasteiger partial charge in [0, 0.05) is 6.92 Å². The molecule has 2 rings (SSSR count). The van der Waals surface area contributed by atoms with Gasteiger partial charge in [-0.1, -0.05) is 0 Å². The summed E-state index contributed by atoms with van der Waals surface area (Å²) in [5, 5.41) is 0. The quantitative estimate of drug-likeness (QED) is 0.722. The van der Waals surface area contributed by atoms with Gasteiger partial charge in [-0.2, -0.15) is 0 Å². The van der Waals surface area contributed by atoms with Crippen molar-refractivity contribution in [2.45, 2.75) is 83.8 Å². The summed E-state index contributed by atoms with van der Waals surface area (Å²) in [6.07, 6.45) is 0.627. The highest BCUT2D eigenvalue weighted by Crippen LogP contribution is 2.49. The molecule has 0 amide bonds. The Morgan fingerprint density at radius 3 is 2.47 bits per heavy atom. The first kappa shape index (κ1) is 14.8. The highest BCUT2D eigenvalue weighted by molar-refractivity contribution is 5.66. The van der Waals surface area contributed by atoms with Gasteiger partial charge in [-0.15, -0.1) is 0 Å². The first-order chi connectivity index (χ1) is 8.54. The summed E-state index contributed by atoms with van der Waals surface area (Å²) >= 11 is 0. The van der Waals surface area contributed by atoms with E-state index in [0.29, 0.717) is 0 Å². The molecular formula is C14H24O5. The molecule has 0 radical (unpaired) electrons. The molecule has 0 aromatic rings. The van der Waals surface area contributed by atoms with Crippen LogP contribution in [-0.2, 0) is 23.7 Å². The van der Waals surface area contributed by atoms with Gasteiger partial charge in [0.25, 0.3) is 0 Å². The molecule has 2 heterocycles. The molecule has 0 spiro atoms. The Balaban J connectivity index is 2.16. The summed E-state index contributed by atoms with van der Waals surface area (Å²) in [6.45, 7) is 11.1. The molecule has 5 heteroatoms. The van der Waals surface area contributed by atoms with Crippen molar-refractivity contribution < 1.29 is 23.7 Å². The van der Waals surface area contributed by atoms with Gasteiger partial charge in [-0.05, 0) is 47.5 Å². The normalized spacial score (nSPS) is 42.2. The molecule has 0 aromatic carbocycles. The van der Waals surface area contributed by atoms with Crippen LogP contribution in [0.25, 0.3) is 0 Å². The van der Waals surface area contributed by atoms with E-state index in [9.17, 15) is 4.79 Å². The number of ether oxygens (including phenoxy) is 4. The third-order valence-corrected chi connectivity index (χ3v) is 3.53. The van der Waals surface area contributed by atoms with Crippen molar-refractivity contribution in [2.24, 2.45) is 0 Å². The maximum absolute atomic E-state index is 11.2. The average molecular weight is 272 g/mol. The number of rotatable bonds is 2. The second kappa shape index (κ2) is 4.43. The van der Waals surface area contributed by atoms with E-state index in [1.165, 1.54) is 6.92 Å². The van der Waals surface area contributed by atoms with Crippen LogP contribution in [-0.4, -0.2) is 35.4 Å². The third-order valence-electron chi connectivity index (χ3n) is 3.53. The lowest BCUT2D eigenvalue weighted by Gasteiger charge is -2.39. The van der Waals surface area contributed by atoms with Crippen LogP contribution in [0, 0.1) is 0 Å². The van der Waals surface area contributed by atoms with E-state index in [0.717, 1.165) is 12.8 Å². The van der Waals surface area contributed by atoms with Crippen molar-refractivity contribution in [1.82, 2.24) is 0 Å². The fraction of sp³-hybridized carbons (Fsp3) is 0.929. The number of carbonyl (C=O) groups excluding carboxylic acids is 1. The average Bonchev–Trinajstić information content (AvgIpc) is 2.38. The zero-order valence-electron chi connectivity index (χ0n) is 12.6. The summed E-state index contributed by atoms with van der Waals surface area (Å²) in [6, 6.07) is 0. The van der Waals surface area contributed by atoms with Gasteiger partial charge in [-0.25, -0.2) is 0 Å². The Kier molecular flexibility index (Phi) is 3.44. The molecule has 0 N–H and O–H groups in total. The van der Waals surface area contributed by atoms with Crippen molar-refractivity contribution in [3.8, 4) is 0 Å². The number of fused-ring (bicyclic) bond motifs is 2. The van der Waals surface area contributed by atoms with Gasteiger partial charge in [0.15, 0.2) is 12.4 Å². The molecule has 2 unspecified atom stereocenters. The second-order valence-electron chi connectivity index (χ2n) is 6.75. The van der Waals surface area contributed by atoms with Crippen molar-refractivity contribution >= 4 is 5.97 Å². The topological polar surface area (TPSA) is 54.0 Å². The molecule has 2 fully saturated rings. The van der Waals surface area contributed by atoms with Crippen LogP contribution in [0.2, 0.25) is 0 Å². The predicted octanol–water partition coefficient (Wildman–Crippen LogP) is 2.37. The van der Waals surface area contributed by atoms with Crippen molar-refractivity contribution in [3.05, 3.63) is 0 Å². The lowest BCUT2D eigenvalue weighted by Crippen LogP contribution is -2.50. The molecule has 2 bridgehead atoms. The highest BCUT2D eigenvalue weighted by atomic mass is 16.8. The fourth-order valence-electron chi connectivity index (χ4n) is 2.70. The van der Waals surface area contributed by atoms with E-state index in [2.05, 4.69) is 0 Å². The third kappa shape index (κ3) is 2.93. The molecule has 2 saturated heterocycles. The number of carbonyl (C=O) groups is 1. The first-order valence-corrected chi connectivity index (χ1v) is 6.77. The summed E-state index contributed by atoms with van der Waals surface area (Å²) < 4.78 is 23.2. The van der Waals surface area contributed by atoms with Crippen LogP contribution in [0.4, 0.5) is 0 Å². The maximum atomic E-state index is 11.2. The van der Waals surface area contributed by atoms with Crippen LogP contribution in [0.15, 0.2) is 0 Å². The number of hydrogen-bond donors (Lipinski definition) is 0. The minimum absolute atomic E-state index is 0.317. The van der Waals surface area contributed by atoms with Crippen LogP contribution in [0.5, 0.6) is 0 Å². The number of esters is 1. The Labute approximate surface area is 114 Å². The van der Waals surface area contributed by atoms with E-state index in [-0.39, 0.29) is 17.7 Å². The van der Waals surface area contributed by atoms with Crippen LogP contribution in [0.1, 0.15) is 54.4 Å². The summed E-state index contributed by atoms with van der Waals surface area (Å²) in [7, 11) is 0. The Hall–Kier alpha value is -0.650. The van der Waals surface area contributed by atoms with Crippen molar-refractivity contribution in [1.29, 1.82) is 0 Å². The molecule has 5 nitrogen and oxygen atoms in total. The predicted molar refractivity (Wildman–Crippen MR) is 68.4 cm³/mol. The number of hydrogen-bond acceptors (Lipinski definition) is 5. The van der Waals surface area contributed by atoms with Crippen molar-refractivity contribution in [2.75, 3.05) is 0 Å². The molecule has 2 aliphatic heterocycles. The summed E-state index contributed by atoms with van der Waals surface area (Å²) in [4.78, 5) is 11.2. The molecule has 2 aliphatic rings. The Bertz CT molecular complexity index is 375. The largest absolute Gasteiger partial charge is 0.457 e. The summed E-state index contributed by atoms with van der Waals surface area (Å²) in [5.74, 6) is -1.24. The smallest absolute Gasteiger partial charge is 0.303 e. The van der Waals surface area contributed by atoms with E-state index >= 15 is 0 Å². The van der Waals surface area contributed by atoms with Crippen LogP contribution >= 0.6 is 0 Å². The molecule has 0 aromatic heterocycles. The SMILES string of the molecule is CC(=O)OC1CC[C@@]2(C)O[C@]1(C)OC2OC(C)(C)C. The Morgan fingerprint density at radius 1 is 1.32 bits per heavy atom. The highest BCUT2D eigenvalue weighted by Gasteiger charge is 2.61. The lowest BCUT2D eigenvalue weighted by atomic mass is 9.92. The standard InChI is InChI=1S/C14H24O5/c1-9(15)16-10-7-8-13(5)11(17-12(2,3)4)18-14(10,6)19-13/h10-11H,7-8H2,1-6H3/t10?,11?,13-,14+/m1/s1. The van der Waals surface area contributed by atoms with Crippen LogP contribution in [0.3, 0.4) is 0 Å². The van der Waals surface area contributed by atoms with E-state index in [4.69, 9.17) is 18.9 Å².